The van der Waals surface area contributed by atoms with Crippen molar-refractivity contribution in [3.8, 4) is 5.82 Å². The van der Waals surface area contributed by atoms with Crippen LogP contribution in [0.1, 0.15) is 25.1 Å². The van der Waals surface area contributed by atoms with Gasteiger partial charge in [0.25, 0.3) is 0 Å². The Kier molecular flexibility index (Phi) is 4.45. The van der Waals surface area contributed by atoms with Crippen LogP contribution in [0.4, 0.5) is 0 Å². The molecule has 2 aromatic rings. The number of nitrogens with zero attached hydrogens (tertiary/aromatic N) is 3. The van der Waals surface area contributed by atoms with Gasteiger partial charge in [0.2, 0.25) is 0 Å². The highest BCUT2D eigenvalue weighted by atomic mass is 35.5. The van der Waals surface area contributed by atoms with Gasteiger partial charge in [-0.25, -0.2) is 9.67 Å². The summed E-state index contributed by atoms with van der Waals surface area (Å²) in [5.74, 6) is 0.588. The Labute approximate surface area is 122 Å². The predicted molar refractivity (Wildman–Crippen MR) is 78.1 cm³/mol. The first-order chi connectivity index (χ1) is 8.97. The van der Waals surface area contributed by atoms with Crippen LogP contribution >= 0.6 is 23.2 Å². The SMILES string of the molecule is Cc1nn(-c2ncc(CNC(C)C)cc2Cl)cc1Cl. The van der Waals surface area contributed by atoms with E-state index < -0.39 is 0 Å². The van der Waals surface area contributed by atoms with E-state index in [-0.39, 0.29) is 0 Å². The predicted octanol–water partition coefficient (Wildman–Crippen LogP) is 3.38. The van der Waals surface area contributed by atoms with Crippen molar-refractivity contribution < 1.29 is 0 Å². The first-order valence-electron chi connectivity index (χ1n) is 6.07. The normalized spacial score (nSPS) is 11.3. The average molecular weight is 299 g/mol. The molecule has 0 unspecified atom stereocenters. The third-order valence-electron chi connectivity index (χ3n) is 2.65. The molecular weight excluding hydrogens is 283 g/mol. The number of aryl methyl sites for hydroxylation is 1. The molecule has 0 saturated carbocycles. The fraction of sp³-hybridized carbons (Fsp3) is 0.385. The summed E-state index contributed by atoms with van der Waals surface area (Å²) in [5.41, 5.74) is 1.79. The molecule has 0 saturated heterocycles. The zero-order valence-electron chi connectivity index (χ0n) is 11.1. The van der Waals surface area contributed by atoms with E-state index in [9.17, 15) is 0 Å². The lowest BCUT2D eigenvalue weighted by atomic mass is 10.2. The van der Waals surface area contributed by atoms with Crippen LogP contribution in [-0.2, 0) is 6.54 Å². The molecule has 6 heteroatoms. The Morgan fingerprint density at radius 1 is 1.32 bits per heavy atom. The zero-order chi connectivity index (χ0) is 14.0. The Bertz CT molecular complexity index is 559. The molecule has 0 radical (unpaired) electrons. The van der Waals surface area contributed by atoms with E-state index >= 15 is 0 Å². The van der Waals surface area contributed by atoms with E-state index in [4.69, 9.17) is 23.2 Å². The minimum absolute atomic E-state index is 0.422. The Morgan fingerprint density at radius 2 is 2.05 bits per heavy atom. The lowest BCUT2D eigenvalue weighted by molar-refractivity contribution is 0.587. The summed E-state index contributed by atoms with van der Waals surface area (Å²) in [5, 5.41) is 8.74. The van der Waals surface area contributed by atoms with Crippen LogP contribution in [0, 0.1) is 6.92 Å². The molecule has 0 fully saturated rings. The van der Waals surface area contributed by atoms with Gasteiger partial charge in [-0.1, -0.05) is 37.0 Å². The van der Waals surface area contributed by atoms with Gasteiger partial charge in [0.05, 0.1) is 21.9 Å². The van der Waals surface area contributed by atoms with Crippen molar-refractivity contribution in [3.63, 3.8) is 0 Å². The quantitative estimate of drug-likeness (QED) is 0.941. The van der Waals surface area contributed by atoms with Crippen molar-refractivity contribution in [2.45, 2.75) is 33.4 Å². The van der Waals surface area contributed by atoms with Gasteiger partial charge in [0.15, 0.2) is 5.82 Å². The number of hydrogen-bond acceptors (Lipinski definition) is 3. The first-order valence-corrected chi connectivity index (χ1v) is 6.83. The first kappa shape index (κ1) is 14.3. The van der Waals surface area contributed by atoms with E-state index in [1.54, 1.807) is 17.1 Å². The lowest BCUT2D eigenvalue weighted by Crippen LogP contribution is -2.22. The number of nitrogens with one attached hydrogen (secondary N) is 1. The fourth-order valence-corrected chi connectivity index (χ4v) is 2.01. The van der Waals surface area contributed by atoms with Crippen molar-refractivity contribution in [1.82, 2.24) is 20.1 Å². The summed E-state index contributed by atoms with van der Waals surface area (Å²) in [6.07, 6.45) is 3.50. The molecule has 0 aliphatic rings. The standard InChI is InChI=1S/C13H16Cl2N4/c1-8(2)16-5-10-4-11(14)13(17-6-10)19-7-12(15)9(3)18-19/h4,6-8,16H,5H2,1-3H3. The van der Waals surface area contributed by atoms with Gasteiger partial charge < -0.3 is 5.32 Å². The maximum atomic E-state index is 6.25. The van der Waals surface area contributed by atoms with Crippen LogP contribution < -0.4 is 5.32 Å². The van der Waals surface area contributed by atoms with Crippen molar-refractivity contribution in [2.24, 2.45) is 0 Å². The van der Waals surface area contributed by atoms with Crippen LogP contribution in [0.2, 0.25) is 10.0 Å². The molecule has 0 atom stereocenters. The van der Waals surface area contributed by atoms with Gasteiger partial charge in [-0.15, -0.1) is 0 Å². The number of halogens is 2. The van der Waals surface area contributed by atoms with Crippen molar-refractivity contribution in [1.29, 1.82) is 0 Å². The molecule has 0 aromatic carbocycles. The second-order valence-electron chi connectivity index (χ2n) is 4.69. The summed E-state index contributed by atoms with van der Waals surface area (Å²) in [4.78, 5) is 4.35. The molecule has 0 aliphatic carbocycles. The highest BCUT2D eigenvalue weighted by molar-refractivity contribution is 6.32. The molecule has 1 N–H and O–H groups in total. The molecule has 0 aliphatic heterocycles. The highest BCUT2D eigenvalue weighted by Crippen LogP contribution is 2.21. The largest absolute Gasteiger partial charge is 0.310 e. The minimum atomic E-state index is 0.422. The van der Waals surface area contributed by atoms with E-state index in [2.05, 4.69) is 29.2 Å². The van der Waals surface area contributed by atoms with Gasteiger partial charge in [0, 0.05) is 18.8 Å². The third-order valence-corrected chi connectivity index (χ3v) is 3.30. The fourth-order valence-electron chi connectivity index (χ4n) is 1.61. The van der Waals surface area contributed by atoms with E-state index in [1.807, 2.05) is 13.0 Å². The second-order valence-corrected chi connectivity index (χ2v) is 5.51. The van der Waals surface area contributed by atoms with E-state index in [0.717, 1.165) is 17.8 Å². The van der Waals surface area contributed by atoms with Crippen LogP contribution in [0.3, 0.4) is 0 Å². The molecule has 0 bridgehead atoms. The topological polar surface area (TPSA) is 42.7 Å². The van der Waals surface area contributed by atoms with Crippen LogP contribution in [0.15, 0.2) is 18.5 Å². The summed E-state index contributed by atoms with van der Waals surface area (Å²) >= 11 is 12.2. The molecular formula is C13H16Cl2N4. The molecule has 2 aromatic heterocycles. The summed E-state index contributed by atoms with van der Waals surface area (Å²) in [6, 6.07) is 2.32. The molecule has 0 amide bonds. The Hall–Kier alpha value is -1.10. The highest BCUT2D eigenvalue weighted by Gasteiger charge is 2.09. The van der Waals surface area contributed by atoms with Crippen molar-refractivity contribution >= 4 is 23.2 Å². The smallest absolute Gasteiger partial charge is 0.172 e. The van der Waals surface area contributed by atoms with E-state index in [1.165, 1.54) is 0 Å². The van der Waals surface area contributed by atoms with Gasteiger partial charge in [-0.05, 0) is 18.6 Å². The molecule has 19 heavy (non-hydrogen) atoms. The van der Waals surface area contributed by atoms with Crippen LogP contribution in [0.25, 0.3) is 5.82 Å². The van der Waals surface area contributed by atoms with E-state index in [0.29, 0.717) is 21.9 Å². The zero-order valence-corrected chi connectivity index (χ0v) is 12.6. The van der Waals surface area contributed by atoms with Gasteiger partial charge in [-0.3, -0.25) is 0 Å². The van der Waals surface area contributed by atoms with Crippen molar-refractivity contribution in [2.75, 3.05) is 0 Å². The number of pyridine rings is 1. The van der Waals surface area contributed by atoms with Crippen LogP contribution in [-0.4, -0.2) is 20.8 Å². The van der Waals surface area contributed by atoms with Crippen LogP contribution in [0.5, 0.6) is 0 Å². The molecule has 2 rings (SSSR count). The number of hydrogen-bond donors (Lipinski definition) is 1. The number of aromatic nitrogens is 3. The van der Waals surface area contributed by atoms with Gasteiger partial charge in [-0.2, -0.15) is 5.10 Å². The molecule has 4 nitrogen and oxygen atoms in total. The summed E-state index contributed by atoms with van der Waals surface area (Å²) in [7, 11) is 0. The number of rotatable bonds is 4. The Morgan fingerprint density at radius 3 is 2.58 bits per heavy atom. The monoisotopic (exact) mass is 298 g/mol. The minimum Gasteiger partial charge on any atom is -0.310 e. The second kappa shape index (κ2) is 5.90. The lowest BCUT2D eigenvalue weighted by Gasteiger charge is -2.09. The summed E-state index contributed by atoms with van der Waals surface area (Å²) in [6.45, 7) is 6.77. The molecule has 102 valence electrons. The van der Waals surface area contributed by atoms with Gasteiger partial charge >= 0.3 is 0 Å². The average Bonchev–Trinajstić information content (AvgIpc) is 2.67. The molecule has 0 spiro atoms. The van der Waals surface area contributed by atoms with Crippen molar-refractivity contribution in [3.05, 3.63) is 39.8 Å². The van der Waals surface area contributed by atoms with Gasteiger partial charge in [0.1, 0.15) is 0 Å². The Balaban J connectivity index is 2.24. The summed E-state index contributed by atoms with van der Waals surface area (Å²) < 4.78 is 1.60. The maximum Gasteiger partial charge on any atom is 0.172 e. The molecule has 2 heterocycles. The third kappa shape index (κ3) is 3.47. The maximum absolute atomic E-state index is 6.25.